The molecule has 1 aromatic carbocycles. The van der Waals surface area contributed by atoms with E-state index in [0.29, 0.717) is 31.7 Å². The minimum absolute atomic E-state index is 0.0970. The average molecular weight is 445 g/mol. The number of carbonyl (C=O) groups is 4. The van der Waals surface area contributed by atoms with Crippen molar-refractivity contribution in [2.45, 2.75) is 63.1 Å². The summed E-state index contributed by atoms with van der Waals surface area (Å²) in [4.78, 5) is 49.0. The van der Waals surface area contributed by atoms with Crippen molar-refractivity contribution < 1.29 is 24.3 Å². The van der Waals surface area contributed by atoms with Crippen LogP contribution in [0.5, 0.6) is 0 Å². The molecule has 1 saturated heterocycles. The molecule has 3 rings (SSSR count). The molecule has 9 heteroatoms. The van der Waals surface area contributed by atoms with Crippen LogP contribution in [0, 0.1) is 11.8 Å². The van der Waals surface area contributed by atoms with Gasteiger partial charge in [0.2, 0.25) is 23.6 Å². The van der Waals surface area contributed by atoms with Gasteiger partial charge in [-0.25, -0.2) is 0 Å². The van der Waals surface area contributed by atoms with Crippen LogP contribution < -0.4 is 21.7 Å². The lowest BCUT2D eigenvalue weighted by molar-refractivity contribution is -0.133. The maximum atomic E-state index is 13.0. The highest BCUT2D eigenvalue weighted by Crippen LogP contribution is 2.33. The van der Waals surface area contributed by atoms with Gasteiger partial charge in [0.25, 0.3) is 0 Å². The van der Waals surface area contributed by atoms with Gasteiger partial charge in [-0.15, -0.1) is 0 Å². The molecule has 0 spiro atoms. The molecule has 2 fully saturated rings. The first-order valence-corrected chi connectivity index (χ1v) is 11.2. The Bertz CT molecular complexity index is 827. The minimum Gasteiger partial charge on any atom is -0.381 e. The Balaban J connectivity index is 1.61. The smallest absolute Gasteiger partial charge is 0.248 e. The van der Waals surface area contributed by atoms with E-state index >= 15 is 0 Å². The van der Waals surface area contributed by atoms with Gasteiger partial charge in [0.15, 0.2) is 6.10 Å². The summed E-state index contributed by atoms with van der Waals surface area (Å²) in [5, 5.41) is 18.4. The Kier molecular flexibility index (Phi) is 8.21. The molecular weight excluding hydrogens is 412 g/mol. The van der Waals surface area contributed by atoms with Crippen molar-refractivity contribution in [3.8, 4) is 0 Å². The number of hydrogen-bond acceptors (Lipinski definition) is 5. The maximum absolute atomic E-state index is 13.0. The van der Waals surface area contributed by atoms with Crippen molar-refractivity contribution in [1.29, 1.82) is 0 Å². The number of carbonyl (C=O) groups excluding carboxylic acids is 4. The van der Waals surface area contributed by atoms with Gasteiger partial charge in [-0.05, 0) is 37.2 Å². The first-order chi connectivity index (χ1) is 15.3. The van der Waals surface area contributed by atoms with Gasteiger partial charge in [-0.2, -0.15) is 0 Å². The molecular formula is C23H32N4O5. The molecule has 4 atom stereocenters. The van der Waals surface area contributed by atoms with Gasteiger partial charge < -0.3 is 26.8 Å². The Morgan fingerprint density at radius 1 is 1.09 bits per heavy atom. The third-order valence-electron chi connectivity index (χ3n) is 6.10. The molecule has 1 aliphatic carbocycles. The lowest BCUT2D eigenvalue weighted by Crippen LogP contribution is -2.55. The van der Waals surface area contributed by atoms with E-state index in [1.54, 1.807) is 0 Å². The SMILES string of the molecule is NC(=O)C(O)C(C[C@@H]1CCNC1=O)NC(=O)[C@H](CC1CC1)NC(=O)CCc1ccccc1. The number of hydrogen-bond donors (Lipinski definition) is 5. The van der Waals surface area contributed by atoms with E-state index in [9.17, 15) is 24.3 Å². The fourth-order valence-electron chi connectivity index (χ4n) is 4.01. The van der Waals surface area contributed by atoms with Crippen LogP contribution in [0.15, 0.2) is 30.3 Å². The fourth-order valence-corrected chi connectivity index (χ4v) is 4.01. The Morgan fingerprint density at radius 3 is 2.41 bits per heavy atom. The molecule has 2 aliphatic rings. The lowest BCUT2D eigenvalue weighted by Gasteiger charge is -2.27. The highest BCUT2D eigenvalue weighted by Gasteiger charge is 2.36. The molecule has 0 bridgehead atoms. The van der Waals surface area contributed by atoms with E-state index in [1.165, 1.54) is 0 Å². The van der Waals surface area contributed by atoms with Crippen molar-refractivity contribution in [3.05, 3.63) is 35.9 Å². The number of rotatable bonds is 12. The standard InChI is InChI=1S/C23H32N4O5/c24-21(30)20(29)17(13-16-10-11-25-22(16)31)27-23(32)18(12-15-6-7-15)26-19(28)9-8-14-4-2-1-3-5-14/h1-5,15-18,20,29H,6-13H2,(H2,24,30)(H,25,31)(H,26,28)(H,27,32)/t16-,17?,18-,20?/m0/s1. The Labute approximate surface area is 187 Å². The molecule has 1 aromatic rings. The highest BCUT2D eigenvalue weighted by atomic mass is 16.3. The van der Waals surface area contributed by atoms with Crippen LogP contribution in [-0.4, -0.2) is 53.5 Å². The van der Waals surface area contributed by atoms with Gasteiger partial charge in [0.05, 0.1) is 6.04 Å². The molecule has 4 amide bonds. The van der Waals surface area contributed by atoms with Crippen molar-refractivity contribution in [2.24, 2.45) is 17.6 Å². The number of nitrogens with two attached hydrogens (primary N) is 1. The predicted octanol–water partition coefficient (Wildman–Crippen LogP) is -0.239. The van der Waals surface area contributed by atoms with E-state index in [1.807, 2.05) is 30.3 Å². The summed E-state index contributed by atoms with van der Waals surface area (Å²) in [7, 11) is 0. The topological polar surface area (TPSA) is 151 Å². The first kappa shape index (κ1) is 23.7. The molecule has 1 aliphatic heterocycles. The van der Waals surface area contributed by atoms with Gasteiger partial charge in [0.1, 0.15) is 6.04 Å². The first-order valence-electron chi connectivity index (χ1n) is 11.2. The molecule has 9 nitrogen and oxygen atoms in total. The molecule has 2 unspecified atom stereocenters. The van der Waals surface area contributed by atoms with Crippen LogP contribution in [-0.2, 0) is 25.6 Å². The second-order valence-corrected chi connectivity index (χ2v) is 8.76. The maximum Gasteiger partial charge on any atom is 0.248 e. The van der Waals surface area contributed by atoms with Crippen LogP contribution in [0.2, 0.25) is 0 Å². The van der Waals surface area contributed by atoms with Gasteiger partial charge in [0, 0.05) is 18.9 Å². The number of amides is 4. The zero-order chi connectivity index (χ0) is 23.1. The van der Waals surface area contributed by atoms with E-state index in [2.05, 4.69) is 16.0 Å². The van der Waals surface area contributed by atoms with Crippen molar-refractivity contribution in [2.75, 3.05) is 6.54 Å². The monoisotopic (exact) mass is 444 g/mol. The summed E-state index contributed by atoms with van der Waals surface area (Å²) in [6.45, 7) is 0.513. The number of aryl methyl sites for hydroxylation is 1. The number of aliphatic hydroxyl groups excluding tert-OH is 1. The predicted molar refractivity (Wildman–Crippen MR) is 117 cm³/mol. The summed E-state index contributed by atoms with van der Waals surface area (Å²) in [5.74, 6) is -1.92. The van der Waals surface area contributed by atoms with Crippen LogP contribution >= 0.6 is 0 Å². The molecule has 1 saturated carbocycles. The second-order valence-electron chi connectivity index (χ2n) is 8.76. The average Bonchev–Trinajstić information content (AvgIpc) is 3.51. The van der Waals surface area contributed by atoms with Crippen LogP contribution in [0.4, 0.5) is 0 Å². The zero-order valence-corrected chi connectivity index (χ0v) is 18.1. The summed E-state index contributed by atoms with van der Waals surface area (Å²) in [6, 6.07) is 7.83. The molecule has 174 valence electrons. The molecule has 0 radical (unpaired) electrons. The summed E-state index contributed by atoms with van der Waals surface area (Å²) in [5.41, 5.74) is 6.29. The number of primary amides is 1. The quantitative estimate of drug-likeness (QED) is 0.301. The zero-order valence-electron chi connectivity index (χ0n) is 18.1. The highest BCUT2D eigenvalue weighted by molar-refractivity contribution is 5.89. The summed E-state index contributed by atoms with van der Waals surface area (Å²) >= 11 is 0. The van der Waals surface area contributed by atoms with E-state index in [4.69, 9.17) is 5.73 Å². The molecule has 6 N–H and O–H groups in total. The number of benzene rings is 1. The van der Waals surface area contributed by atoms with Crippen molar-refractivity contribution in [1.82, 2.24) is 16.0 Å². The fraction of sp³-hybridized carbons (Fsp3) is 0.565. The van der Waals surface area contributed by atoms with Crippen LogP contribution in [0.3, 0.4) is 0 Å². The van der Waals surface area contributed by atoms with Gasteiger partial charge in [-0.1, -0.05) is 43.2 Å². The van der Waals surface area contributed by atoms with E-state index in [-0.39, 0.29) is 24.7 Å². The summed E-state index contributed by atoms with van der Waals surface area (Å²) in [6.07, 6.45) is 2.32. The van der Waals surface area contributed by atoms with Crippen molar-refractivity contribution in [3.63, 3.8) is 0 Å². The third-order valence-corrected chi connectivity index (χ3v) is 6.10. The normalized spacial score (nSPS) is 20.7. The molecule has 0 aromatic heterocycles. The Hall–Kier alpha value is -2.94. The van der Waals surface area contributed by atoms with Crippen molar-refractivity contribution >= 4 is 23.6 Å². The molecule has 32 heavy (non-hydrogen) atoms. The lowest BCUT2D eigenvalue weighted by atomic mass is 9.94. The van der Waals surface area contributed by atoms with Crippen LogP contribution in [0.1, 0.15) is 44.1 Å². The number of aliphatic hydroxyl groups is 1. The van der Waals surface area contributed by atoms with E-state index in [0.717, 1.165) is 18.4 Å². The third kappa shape index (κ3) is 7.05. The molecule has 1 heterocycles. The van der Waals surface area contributed by atoms with Gasteiger partial charge in [-0.3, -0.25) is 19.2 Å². The minimum atomic E-state index is -1.62. The van der Waals surface area contributed by atoms with Gasteiger partial charge >= 0.3 is 0 Å². The van der Waals surface area contributed by atoms with Crippen LogP contribution in [0.25, 0.3) is 0 Å². The largest absolute Gasteiger partial charge is 0.381 e. The Morgan fingerprint density at radius 2 is 1.81 bits per heavy atom. The summed E-state index contributed by atoms with van der Waals surface area (Å²) < 4.78 is 0. The number of nitrogens with one attached hydrogen (secondary N) is 3. The second kappa shape index (κ2) is 11.1. The van der Waals surface area contributed by atoms with E-state index < -0.39 is 35.9 Å².